The highest BCUT2D eigenvalue weighted by molar-refractivity contribution is 6.35. The topological polar surface area (TPSA) is 101 Å². The van der Waals surface area contributed by atoms with Crippen molar-refractivity contribution in [2.45, 2.75) is 38.3 Å². The van der Waals surface area contributed by atoms with Crippen LogP contribution in [-0.4, -0.2) is 25.0 Å². The molecule has 0 spiro atoms. The quantitative estimate of drug-likeness (QED) is 0.588. The van der Waals surface area contributed by atoms with E-state index >= 15 is 0 Å². The summed E-state index contributed by atoms with van der Waals surface area (Å²) >= 11 is 12.2. The minimum absolute atomic E-state index is 0.425. The Kier molecular flexibility index (Phi) is 7.97. The number of aliphatic hydroxyl groups is 1. The van der Waals surface area contributed by atoms with Crippen molar-refractivity contribution < 1.29 is 15.4 Å². The largest absolute Gasteiger partial charge is 0.383 e. The van der Waals surface area contributed by atoms with E-state index < -0.39 is 10.7 Å². The van der Waals surface area contributed by atoms with Gasteiger partial charge in [0.2, 0.25) is 0 Å². The summed E-state index contributed by atoms with van der Waals surface area (Å²) in [5, 5.41) is 25.8. The first-order valence-corrected chi connectivity index (χ1v) is 8.01. The van der Waals surface area contributed by atoms with Gasteiger partial charge in [0.15, 0.2) is 0 Å². The van der Waals surface area contributed by atoms with Crippen molar-refractivity contribution in [1.29, 1.82) is 0 Å². The molecule has 1 unspecified atom stereocenters. The summed E-state index contributed by atoms with van der Waals surface area (Å²) in [5.41, 5.74) is -0.302. The zero-order valence-electron chi connectivity index (χ0n) is 13.1. The van der Waals surface area contributed by atoms with E-state index in [1.54, 1.807) is 30.7 Å². The molecule has 1 heterocycles. The summed E-state index contributed by atoms with van der Waals surface area (Å²) in [5.74, 6) is 0. The standard InChI is InChI=1S/C15H18Cl2N2O.HNO3/c1-2-3-6-15(20,10-19-8-7-18-11-19)13-5-4-12(16)9-14(13)17;2-1(3)4/h4-5,7-9,11,20H,2-3,6,10H2,1H3;(H,2,3,4). The number of hydrogen-bond donors (Lipinski definition) is 2. The van der Waals surface area contributed by atoms with Crippen molar-refractivity contribution >= 4 is 23.2 Å². The van der Waals surface area contributed by atoms with E-state index in [1.807, 2.05) is 10.8 Å². The molecule has 1 aromatic carbocycles. The van der Waals surface area contributed by atoms with Gasteiger partial charge in [0.1, 0.15) is 5.60 Å². The zero-order chi connectivity index (χ0) is 18.2. The van der Waals surface area contributed by atoms with Gasteiger partial charge in [-0.2, -0.15) is 0 Å². The highest BCUT2D eigenvalue weighted by Crippen LogP contribution is 2.35. The van der Waals surface area contributed by atoms with Crippen LogP contribution in [0.25, 0.3) is 0 Å². The number of benzene rings is 1. The van der Waals surface area contributed by atoms with Crippen LogP contribution < -0.4 is 0 Å². The Morgan fingerprint density at radius 2 is 2.08 bits per heavy atom. The van der Waals surface area contributed by atoms with Crippen LogP contribution in [0.3, 0.4) is 0 Å². The monoisotopic (exact) mass is 375 g/mol. The van der Waals surface area contributed by atoms with Gasteiger partial charge in [-0.1, -0.05) is 49.0 Å². The molecule has 0 aliphatic heterocycles. The van der Waals surface area contributed by atoms with E-state index in [0.717, 1.165) is 12.8 Å². The van der Waals surface area contributed by atoms with Crippen LogP contribution in [0.4, 0.5) is 0 Å². The average Bonchev–Trinajstić information content (AvgIpc) is 2.97. The van der Waals surface area contributed by atoms with Gasteiger partial charge in [-0.05, 0) is 18.6 Å². The highest BCUT2D eigenvalue weighted by Gasteiger charge is 2.31. The van der Waals surface area contributed by atoms with Gasteiger partial charge in [-0.15, -0.1) is 10.1 Å². The Morgan fingerprint density at radius 1 is 1.42 bits per heavy atom. The molecule has 24 heavy (non-hydrogen) atoms. The van der Waals surface area contributed by atoms with Gasteiger partial charge in [0, 0.05) is 28.0 Å². The number of unbranched alkanes of at least 4 members (excludes halogenated alkanes) is 1. The van der Waals surface area contributed by atoms with Gasteiger partial charge in [-0.25, -0.2) is 4.98 Å². The molecule has 2 N–H and O–H groups in total. The molecule has 0 bridgehead atoms. The van der Waals surface area contributed by atoms with Crippen LogP contribution in [0.2, 0.25) is 10.0 Å². The number of halogens is 2. The highest BCUT2D eigenvalue weighted by atomic mass is 35.5. The summed E-state index contributed by atoms with van der Waals surface area (Å²) in [6.45, 7) is 2.52. The fraction of sp³-hybridized carbons (Fsp3) is 0.400. The van der Waals surface area contributed by atoms with Gasteiger partial charge in [-0.3, -0.25) is 0 Å². The van der Waals surface area contributed by atoms with E-state index in [-0.39, 0.29) is 0 Å². The summed E-state index contributed by atoms with van der Waals surface area (Å²) < 4.78 is 1.86. The second-order valence-electron chi connectivity index (χ2n) is 5.23. The van der Waals surface area contributed by atoms with Gasteiger partial charge in [0.25, 0.3) is 5.09 Å². The first-order chi connectivity index (χ1) is 11.3. The second kappa shape index (κ2) is 9.46. The molecular weight excluding hydrogens is 357 g/mol. The lowest BCUT2D eigenvalue weighted by atomic mass is 9.88. The predicted molar refractivity (Wildman–Crippen MR) is 90.9 cm³/mol. The first-order valence-electron chi connectivity index (χ1n) is 7.25. The molecular formula is C15H19Cl2N3O4. The summed E-state index contributed by atoms with van der Waals surface area (Å²) in [6, 6.07) is 5.23. The maximum Gasteiger partial charge on any atom is 0.291 e. The summed E-state index contributed by atoms with van der Waals surface area (Å²) in [6.07, 6.45) is 7.80. The number of hydrogen-bond acceptors (Lipinski definition) is 4. The molecule has 0 amide bonds. The van der Waals surface area contributed by atoms with Crippen LogP contribution in [-0.2, 0) is 12.1 Å². The number of rotatable bonds is 6. The van der Waals surface area contributed by atoms with Crippen LogP contribution in [0.1, 0.15) is 31.7 Å². The Balaban J connectivity index is 0.000000648. The number of aromatic nitrogens is 2. The Hall–Kier alpha value is -1.83. The third-order valence-corrected chi connectivity index (χ3v) is 3.93. The molecule has 0 saturated carbocycles. The third kappa shape index (κ3) is 6.35. The van der Waals surface area contributed by atoms with E-state index in [0.29, 0.717) is 28.6 Å². The Bertz CT molecular complexity index is 648. The minimum atomic E-state index is -1.50. The number of nitrogens with zero attached hydrogens (tertiary/aromatic N) is 3. The maximum atomic E-state index is 11.1. The summed E-state index contributed by atoms with van der Waals surface area (Å²) in [7, 11) is 0. The van der Waals surface area contributed by atoms with Crippen LogP contribution >= 0.6 is 23.2 Å². The fourth-order valence-corrected chi connectivity index (χ4v) is 2.90. The van der Waals surface area contributed by atoms with E-state index in [2.05, 4.69) is 11.9 Å². The molecule has 9 heteroatoms. The van der Waals surface area contributed by atoms with Crippen molar-refractivity contribution in [2.75, 3.05) is 0 Å². The van der Waals surface area contributed by atoms with E-state index in [4.69, 9.17) is 38.5 Å². The summed E-state index contributed by atoms with van der Waals surface area (Å²) in [4.78, 5) is 12.4. The lowest BCUT2D eigenvalue weighted by molar-refractivity contribution is -0.742. The molecule has 2 aromatic rings. The molecule has 0 fully saturated rings. The second-order valence-corrected chi connectivity index (χ2v) is 6.08. The zero-order valence-corrected chi connectivity index (χ0v) is 14.6. The van der Waals surface area contributed by atoms with Crippen LogP contribution in [0, 0.1) is 10.1 Å². The molecule has 0 aliphatic carbocycles. The molecule has 0 radical (unpaired) electrons. The Labute approximate surface area is 149 Å². The lowest BCUT2D eigenvalue weighted by Gasteiger charge is -2.30. The lowest BCUT2D eigenvalue weighted by Crippen LogP contribution is -2.31. The predicted octanol–water partition coefficient (Wildman–Crippen LogP) is 3.92. The van der Waals surface area contributed by atoms with Crippen molar-refractivity contribution in [3.63, 3.8) is 0 Å². The van der Waals surface area contributed by atoms with Crippen molar-refractivity contribution in [1.82, 2.24) is 9.55 Å². The normalized spacial score (nSPS) is 12.8. The molecule has 132 valence electrons. The fourth-order valence-electron chi connectivity index (χ4n) is 2.32. The molecule has 0 saturated heterocycles. The molecule has 1 atom stereocenters. The van der Waals surface area contributed by atoms with Crippen molar-refractivity contribution in [3.05, 3.63) is 62.6 Å². The molecule has 2 rings (SSSR count). The molecule has 0 aliphatic rings. The average molecular weight is 376 g/mol. The van der Waals surface area contributed by atoms with Gasteiger partial charge in [0.05, 0.1) is 12.9 Å². The number of imidazole rings is 1. The van der Waals surface area contributed by atoms with Gasteiger partial charge >= 0.3 is 0 Å². The van der Waals surface area contributed by atoms with E-state index in [1.165, 1.54) is 0 Å². The first kappa shape index (κ1) is 20.2. The minimum Gasteiger partial charge on any atom is -0.383 e. The van der Waals surface area contributed by atoms with Crippen LogP contribution in [0.5, 0.6) is 0 Å². The SMILES string of the molecule is CCCCC(O)(Cn1ccnc1)c1ccc(Cl)cc1Cl.O=[N+]([O-])O. The third-order valence-electron chi connectivity index (χ3n) is 3.38. The maximum absolute atomic E-state index is 11.1. The van der Waals surface area contributed by atoms with Gasteiger partial charge < -0.3 is 14.9 Å². The van der Waals surface area contributed by atoms with E-state index in [9.17, 15) is 5.11 Å². The molecule has 1 aromatic heterocycles. The van der Waals surface area contributed by atoms with Crippen LogP contribution in [0.15, 0.2) is 36.9 Å². The molecule has 7 nitrogen and oxygen atoms in total. The van der Waals surface area contributed by atoms with Crippen molar-refractivity contribution in [3.8, 4) is 0 Å². The Morgan fingerprint density at radius 3 is 2.58 bits per heavy atom. The smallest absolute Gasteiger partial charge is 0.291 e. The van der Waals surface area contributed by atoms with Crippen molar-refractivity contribution in [2.24, 2.45) is 0 Å².